The molecular weight excluding hydrogens is 251 g/mol. The van der Waals surface area contributed by atoms with Crippen molar-refractivity contribution in [2.75, 3.05) is 0 Å². The van der Waals surface area contributed by atoms with Crippen LogP contribution in [0.15, 0.2) is 0 Å². The van der Waals surface area contributed by atoms with E-state index in [1.54, 1.807) is 6.92 Å². The van der Waals surface area contributed by atoms with E-state index in [-0.39, 0.29) is 5.75 Å². The standard InChI is InChI=1S/C7H8Cl2O2S2/c1-4-6(3-13(9,10)11)12-5(2)7(4)8/h3H2,1-2H3. The summed E-state index contributed by atoms with van der Waals surface area (Å²) in [6, 6.07) is 0. The van der Waals surface area contributed by atoms with Gasteiger partial charge < -0.3 is 0 Å². The molecule has 13 heavy (non-hydrogen) atoms. The SMILES string of the molecule is Cc1sc(CS(=O)(=O)Cl)c(C)c1Cl. The molecule has 0 aliphatic carbocycles. The van der Waals surface area contributed by atoms with Crippen molar-refractivity contribution in [2.45, 2.75) is 19.6 Å². The van der Waals surface area contributed by atoms with Gasteiger partial charge in [-0.15, -0.1) is 11.3 Å². The Kier molecular flexibility index (Phi) is 3.28. The summed E-state index contributed by atoms with van der Waals surface area (Å²) in [6.45, 7) is 3.65. The van der Waals surface area contributed by atoms with Gasteiger partial charge in [0.1, 0.15) is 0 Å². The number of hydrogen-bond donors (Lipinski definition) is 0. The molecule has 0 aromatic carbocycles. The molecule has 0 fully saturated rings. The lowest BCUT2D eigenvalue weighted by molar-refractivity contribution is 0.609. The lowest BCUT2D eigenvalue weighted by Crippen LogP contribution is -1.93. The van der Waals surface area contributed by atoms with Gasteiger partial charge in [-0.25, -0.2) is 8.42 Å². The van der Waals surface area contributed by atoms with Gasteiger partial charge in [-0.1, -0.05) is 11.6 Å². The van der Waals surface area contributed by atoms with Crippen molar-refractivity contribution in [3.8, 4) is 0 Å². The fraction of sp³-hybridized carbons (Fsp3) is 0.429. The monoisotopic (exact) mass is 258 g/mol. The fourth-order valence-electron chi connectivity index (χ4n) is 0.987. The van der Waals surface area contributed by atoms with Crippen molar-refractivity contribution in [2.24, 2.45) is 0 Å². The van der Waals surface area contributed by atoms with Crippen LogP contribution in [-0.2, 0) is 14.8 Å². The third-order valence-electron chi connectivity index (χ3n) is 1.64. The van der Waals surface area contributed by atoms with Gasteiger partial charge in [0.2, 0.25) is 9.05 Å². The highest BCUT2D eigenvalue weighted by atomic mass is 35.7. The van der Waals surface area contributed by atoms with E-state index in [9.17, 15) is 8.42 Å². The molecule has 0 radical (unpaired) electrons. The lowest BCUT2D eigenvalue weighted by Gasteiger charge is -1.94. The number of halogens is 2. The highest BCUT2D eigenvalue weighted by molar-refractivity contribution is 8.13. The van der Waals surface area contributed by atoms with E-state index in [4.69, 9.17) is 22.3 Å². The second-order valence-corrected chi connectivity index (χ2v) is 7.17. The van der Waals surface area contributed by atoms with Gasteiger partial charge in [-0.2, -0.15) is 0 Å². The van der Waals surface area contributed by atoms with Crippen molar-refractivity contribution < 1.29 is 8.42 Å². The summed E-state index contributed by atoms with van der Waals surface area (Å²) in [4.78, 5) is 1.65. The Bertz CT molecular complexity index is 420. The molecule has 0 spiro atoms. The largest absolute Gasteiger partial charge is 0.237 e. The average molecular weight is 259 g/mol. The Morgan fingerprint density at radius 1 is 1.38 bits per heavy atom. The third kappa shape index (κ3) is 2.84. The molecule has 2 nitrogen and oxygen atoms in total. The molecule has 0 atom stereocenters. The predicted molar refractivity (Wildman–Crippen MR) is 57.3 cm³/mol. The van der Waals surface area contributed by atoms with Crippen LogP contribution in [0.3, 0.4) is 0 Å². The van der Waals surface area contributed by atoms with Gasteiger partial charge in [0.05, 0.1) is 10.8 Å². The molecule has 0 aliphatic heterocycles. The van der Waals surface area contributed by atoms with Crippen LogP contribution in [0.4, 0.5) is 0 Å². The normalized spacial score (nSPS) is 12.0. The maximum Gasteiger partial charge on any atom is 0.237 e. The Morgan fingerprint density at radius 2 is 1.92 bits per heavy atom. The number of thiophene rings is 1. The highest BCUT2D eigenvalue weighted by Gasteiger charge is 2.15. The van der Waals surface area contributed by atoms with Gasteiger partial charge >= 0.3 is 0 Å². The molecule has 74 valence electrons. The zero-order valence-corrected chi connectivity index (χ0v) is 10.2. The molecule has 6 heteroatoms. The summed E-state index contributed by atoms with van der Waals surface area (Å²) in [5, 5.41) is 0.639. The van der Waals surface area contributed by atoms with E-state index in [1.807, 2.05) is 6.92 Å². The third-order valence-corrected chi connectivity index (χ3v) is 4.67. The van der Waals surface area contributed by atoms with E-state index in [1.165, 1.54) is 11.3 Å². The summed E-state index contributed by atoms with van der Waals surface area (Å²) in [5.41, 5.74) is 0.813. The molecule has 1 aromatic heterocycles. The second-order valence-electron chi connectivity index (χ2n) is 2.70. The predicted octanol–water partition coefficient (Wildman–Crippen LogP) is 3.09. The zero-order valence-electron chi connectivity index (χ0n) is 7.10. The molecule has 0 amide bonds. The summed E-state index contributed by atoms with van der Waals surface area (Å²) in [6.07, 6.45) is 0. The van der Waals surface area contributed by atoms with Gasteiger partial charge in [-0.3, -0.25) is 0 Å². The van der Waals surface area contributed by atoms with Crippen molar-refractivity contribution in [1.29, 1.82) is 0 Å². The maximum atomic E-state index is 10.8. The summed E-state index contributed by atoms with van der Waals surface area (Å²) >= 11 is 7.27. The average Bonchev–Trinajstić information content (AvgIpc) is 2.15. The van der Waals surface area contributed by atoms with Crippen LogP contribution >= 0.6 is 33.6 Å². The quantitative estimate of drug-likeness (QED) is 0.765. The minimum Gasteiger partial charge on any atom is -0.212 e. The molecule has 0 saturated heterocycles. The van der Waals surface area contributed by atoms with E-state index in [0.29, 0.717) is 5.02 Å². The van der Waals surface area contributed by atoms with Crippen LogP contribution in [-0.4, -0.2) is 8.42 Å². The van der Waals surface area contributed by atoms with Crippen LogP contribution in [0, 0.1) is 13.8 Å². The fourth-order valence-corrected chi connectivity index (χ4v) is 3.89. The maximum absolute atomic E-state index is 10.8. The first kappa shape index (κ1) is 11.3. The molecule has 1 heterocycles. The van der Waals surface area contributed by atoms with Crippen molar-refractivity contribution >= 4 is 42.7 Å². The second kappa shape index (κ2) is 3.77. The molecule has 0 unspecified atom stereocenters. The number of hydrogen-bond acceptors (Lipinski definition) is 3. The minimum absolute atomic E-state index is 0.140. The van der Waals surface area contributed by atoms with Crippen LogP contribution < -0.4 is 0 Å². The first-order valence-corrected chi connectivity index (χ1v) is 7.15. The number of rotatable bonds is 2. The summed E-state index contributed by atoms with van der Waals surface area (Å²) in [5.74, 6) is -0.140. The number of aryl methyl sites for hydroxylation is 1. The van der Waals surface area contributed by atoms with E-state index in [2.05, 4.69) is 0 Å². The van der Waals surface area contributed by atoms with Gasteiger partial charge in [0.25, 0.3) is 0 Å². The minimum atomic E-state index is -3.48. The Morgan fingerprint density at radius 3 is 2.23 bits per heavy atom. The topological polar surface area (TPSA) is 34.1 Å². The van der Waals surface area contributed by atoms with E-state index >= 15 is 0 Å². The van der Waals surface area contributed by atoms with E-state index < -0.39 is 9.05 Å². The Labute approximate surface area is 90.9 Å². The van der Waals surface area contributed by atoms with Crippen molar-refractivity contribution in [1.82, 2.24) is 0 Å². The molecule has 0 N–H and O–H groups in total. The molecule has 0 saturated carbocycles. The molecule has 0 bridgehead atoms. The summed E-state index contributed by atoms with van der Waals surface area (Å²) in [7, 11) is 1.66. The van der Waals surface area contributed by atoms with Crippen LogP contribution in [0.5, 0.6) is 0 Å². The first-order chi connectivity index (χ1) is 5.81. The zero-order chi connectivity index (χ0) is 10.2. The Balaban J connectivity index is 3.11. The van der Waals surface area contributed by atoms with Crippen molar-refractivity contribution in [3.05, 3.63) is 20.3 Å². The van der Waals surface area contributed by atoms with Gasteiger partial charge in [-0.05, 0) is 19.4 Å². The molecule has 0 aliphatic rings. The van der Waals surface area contributed by atoms with Crippen LogP contribution in [0.25, 0.3) is 0 Å². The summed E-state index contributed by atoms with van der Waals surface area (Å²) < 4.78 is 21.6. The van der Waals surface area contributed by atoms with Gasteiger partial charge in [0.15, 0.2) is 0 Å². The van der Waals surface area contributed by atoms with E-state index in [0.717, 1.165) is 15.3 Å². The van der Waals surface area contributed by atoms with Crippen molar-refractivity contribution in [3.63, 3.8) is 0 Å². The molecule has 1 rings (SSSR count). The van der Waals surface area contributed by atoms with Crippen LogP contribution in [0.2, 0.25) is 5.02 Å². The van der Waals surface area contributed by atoms with Gasteiger partial charge in [0, 0.05) is 20.4 Å². The molecular formula is C7H8Cl2O2S2. The lowest BCUT2D eigenvalue weighted by atomic mass is 10.3. The first-order valence-electron chi connectivity index (χ1n) is 3.48. The molecule has 1 aromatic rings. The van der Waals surface area contributed by atoms with Crippen LogP contribution in [0.1, 0.15) is 15.3 Å². The highest BCUT2D eigenvalue weighted by Crippen LogP contribution is 2.33. The Hall–Kier alpha value is 0.230. The smallest absolute Gasteiger partial charge is 0.212 e.